The highest BCUT2D eigenvalue weighted by molar-refractivity contribution is 5.86. The van der Waals surface area contributed by atoms with E-state index >= 15 is 0 Å². The number of nitrogens with zero attached hydrogens (tertiary/aromatic N) is 1. The number of carboxylic acid groups (broad SMARTS) is 1. The van der Waals surface area contributed by atoms with Crippen LogP contribution in [0.15, 0.2) is 34.9 Å². The van der Waals surface area contributed by atoms with Gasteiger partial charge in [-0.25, -0.2) is 4.79 Å². The summed E-state index contributed by atoms with van der Waals surface area (Å²) in [5.41, 5.74) is 0.625. The van der Waals surface area contributed by atoms with Gasteiger partial charge in [0.25, 0.3) is 0 Å². The first-order valence-electron chi connectivity index (χ1n) is 6.77. The minimum atomic E-state index is -1.11. The first kappa shape index (κ1) is 13.6. The summed E-state index contributed by atoms with van der Waals surface area (Å²) in [5, 5.41) is 12.4. The van der Waals surface area contributed by atoms with Gasteiger partial charge in [0.1, 0.15) is 11.9 Å². The Labute approximate surface area is 121 Å². The highest BCUT2D eigenvalue weighted by Crippen LogP contribution is 2.26. The van der Waals surface area contributed by atoms with Crippen LogP contribution in [0.5, 0.6) is 5.75 Å². The fourth-order valence-electron chi connectivity index (χ4n) is 2.22. The third-order valence-corrected chi connectivity index (χ3v) is 3.32. The molecular formula is C15H15NO5. The molecule has 0 atom stereocenters. The fraction of sp³-hybridized carbons (Fsp3) is 0.333. The van der Waals surface area contributed by atoms with Gasteiger partial charge in [0, 0.05) is 24.5 Å². The van der Waals surface area contributed by atoms with Crippen LogP contribution in [-0.2, 0) is 4.74 Å². The first-order chi connectivity index (χ1) is 10.2. The largest absolute Gasteiger partial charge is 0.490 e. The molecular weight excluding hydrogens is 274 g/mol. The number of hydrogen-bond acceptors (Lipinski definition) is 5. The van der Waals surface area contributed by atoms with Crippen LogP contribution < -0.4 is 4.74 Å². The lowest BCUT2D eigenvalue weighted by atomic mass is 10.1. The number of benzene rings is 1. The highest BCUT2D eigenvalue weighted by Gasteiger charge is 2.16. The number of aromatic carboxylic acids is 1. The number of aromatic nitrogens is 1. The van der Waals surface area contributed by atoms with Crippen LogP contribution >= 0.6 is 0 Å². The van der Waals surface area contributed by atoms with Crippen molar-refractivity contribution in [2.75, 3.05) is 13.2 Å². The van der Waals surface area contributed by atoms with Crippen LogP contribution in [0.1, 0.15) is 23.3 Å². The van der Waals surface area contributed by atoms with Crippen molar-refractivity contribution in [2.45, 2.75) is 18.9 Å². The van der Waals surface area contributed by atoms with E-state index in [4.69, 9.17) is 19.1 Å². The molecule has 2 heterocycles. The molecule has 0 amide bonds. The molecule has 0 unspecified atom stereocenters. The lowest BCUT2D eigenvalue weighted by Crippen LogP contribution is -2.25. The number of ether oxygens (including phenoxy) is 2. The van der Waals surface area contributed by atoms with Crippen LogP contribution in [-0.4, -0.2) is 35.6 Å². The maximum atomic E-state index is 10.8. The van der Waals surface area contributed by atoms with Crippen molar-refractivity contribution in [3.05, 3.63) is 36.0 Å². The summed E-state index contributed by atoms with van der Waals surface area (Å²) in [6.07, 6.45) is 1.89. The molecule has 2 aromatic rings. The number of hydrogen-bond donors (Lipinski definition) is 1. The van der Waals surface area contributed by atoms with E-state index in [9.17, 15) is 4.79 Å². The number of rotatable bonds is 4. The van der Waals surface area contributed by atoms with E-state index in [0.29, 0.717) is 19.0 Å². The number of carbonyl (C=O) groups is 1. The van der Waals surface area contributed by atoms with Gasteiger partial charge >= 0.3 is 5.97 Å². The molecule has 1 fully saturated rings. The van der Waals surface area contributed by atoms with Crippen LogP contribution in [0.25, 0.3) is 11.3 Å². The molecule has 1 aliphatic rings. The Morgan fingerprint density at radius 3 is 2.81 bits per heavy atom. The molecule has 3 rings (SSSR count). The third kappa shape index (κ3) is 3.22. The molecule has 1 aromatic carbocycles. The average molecular weight is 289 g/mol. The van der Waals surface area contributed by atoms with Crippen LogP contribution in [0.4, 0.5) is 0 Å². The maximum Gasteiger partial charge on any atom is 0.358 e. The monoisotopic (exact) mass is 289 g/mol. The quantitative estimate of drug-likeness (QED) is 0.931. The highest BCUT2D eigenvalue weighted by atomic mass is 16.5. The molecule has 0 bridgehead atoms. The van der Waals surface area contributed by atoms with Gasteiger partial charge in [-0.15, -0.1) is 0 Å². The predicted molar refractivity (Wildman–Crippen MR) is 73.4 cm³/mol. The second-order valence-corrected chi connectivity index (χ2v) is 4.84. The smallest absolute Gasteiger partial charge is 0.358 e. The van der Waals surface area contributed by atoms with Crippen molar-refractivity contribution in [1.82, 2.24) is 5.16 Å². The molecule has 0 spiro atoms. The van der Waals surface area contributed by atoms with E-state index in [-0.39, 0.29) is 11.8 Å². The standard InChI is InChI=1S/C15H15NO5/c17-15(18)13-9-14(21-16-13)10-2-1-3-12(8-10)20-11-4-6-19-7-5-11/h1-3,8-9,11H,4-7H2,(H,17,18). The zero-order chi connectivity index (χ0) is 14.7. The molecule has 1 N–H and O–H groups in total. The SMILES string of the molecule is O=C(O)c1cc(-c2cccc(OC3CCOCC3)c2)on1. The average Bonchev–Trinajstić information content (AvgIpc) is 2.99. The summed E-state index contributed by atoms with van der Waals surface area (Å²) in [6, 6.07) is 8.75. The van der Waals surface area contributed by atoms with Gasteiger partial charge in [-0.1, -0.05) is 17.3 Å². The summed E-state index contributed by atoms with van der Waals surface area (Å²) in [4.78, 5) is 10.8. The summed E-state index contributed by atoms with van der Waals surface area (Å²) in [5.74, 6) is 0.0251. The summed E-state index contributed by atoms with van der Waals surface area (Å²) < 4.78 is 16.3. The zero-order valence-corrected chi connectivity index (χ0v) is 11.3. The van der Waals surface area contributed by atoms with Crippen molar-refractivity contribution < 1.29 is 23.9 Å². The van der Waals surface area contributed by atoms with Crippen molar-refractivity contribution in [2.24, 2.45) is 0 Å². The molecule has 0 saturated carbocycles. The Morgan fingerprint density at radius 2 is 2.10 bits per heavy atom. The fourth-order valence-corrected chi connectivity index (χ4v) is 2.22. The van der Waals surface area contributed by atoms with Crippen molar-refractivity contribution in [3.63, 3.8) is 0 Å². The third-order valence-electron chi connectivity index (χ3n) is 3.32. The number of carboxylic acids is 1. The molecule has 6 nitrogen and oxygen atoms in total. The van der Waals surface area contributed by atoms with Crippen molar-refractivity contribution in [3.8, 4) is 17.1 Å². The summed E-state index contributed by atoms with van der Waals surface area (Å²) in [7, 11) is 0. The summed E-state index contributed by atoms with van der Waals surface area (Å²) >= 11 is 0. The van der Waals surface area contributed by atoms with E-state index in [1.54, 1.807) is 0 Å². The first-order valence-corrected chi connectivity index (χ1v) is 6.77. The van der Waals surface area contributed by atoms with Gasteiger partial charge in [0.05, 0.1) is 13.2 Å². The van der Waals surface area contributed by atoms with Gasteiger partial charge in [-0.05, 0) is 12.1 Å². The molecule has 6 heteroatoms. The Morgan fingerprint density at radius 1 is 1.29 bits per heavy atom. The molecule has 1 aromatic heterocycles. The molecule has 21 heavy (non-hydrogen) atoms. The van der Waals surface area contributed by atoms with Gasteiger partial charge in [-0.2, -0.15) is 0 Å². The van der Waals surface area contributed by atoms with Crippen LogP contribution in [0, 0.1) is 0 Å². The molecule has 110 valence electrons. The van der Waals surface area contributed by atoms with Gasteiger partial charge in [-0.3, -0.25) is 0 Å². The second kappa shape index (κ2) is 5.97. The Kier molecular flexibility index (Phi) is 3.87. The predicted octanol–water partition coefficient (Wildman–Crippen LogP) is 2.60. The Bertz CT molecular complexity index is 630. The molecule has 0 aliphatic carbocycles. The Hall–Kier alpha value is -2.34. The van der Waals surface area contributed by atoms with E-state index in [0.717, 1.165) is 24.2 Å². The maximum absolute atomic E-state index is 10.8. The lowest BCUT2D eigenvalue weighted by Gasteiger charge is -2.23. The molecule has 1 aliphatic heterocycles. The van der Waals surface area contributed by atoms with Crippen LogP contribution in [0.3, 0.4) is 0 Å². The van der Waals surface area contributed by atoms with E-state index in [2.05, 4.69) is 5.16 Å². The lowest BCUT2D eigenvalue weighted by molar-refractivity contribution is 0.0256. The zero-order valence-electron chi connectivity index (χ0n) is 11.3. The van der Waals surface area contributed by atoms with E-state index in [1.807, 2.05) is 24.3 Å². The van der Waals surface area contributed by atoms with E-state index < -0.39 is 5.97 Å². The van der Waals surface area contributed by atoms with Gasteiger partial charge in [0.2, 0.25) is 0 Å². The molecule has 0 radical (unpaired) electrons. The van der Waals surface area contributed by atoms with Crippen molar-refractivity contribution >= 4 is 5.97 Å². The summed E-state index contributed by atoms with van der Waals surface area (Å²) in [6.45, 7) is 1.43. The minimum absolute atomic E-state index is 0.110. The van der Waals surface area contributed by atoms with Crippen LogP contribution in [0.2, 0.25) is 0 Å². The molecule has 1 saturated heterocycles. The van der Waals surface area contributed by atoms with Crippen molar-refractivity contribution in [1.29, 1.82) is 0 Å². The van der Waals surface area contributed by atoms with Gasteiger partial charge < -0.3 is 19.1 Å². The minimum Gasteiger partial charge on any atom is -0.490 e. The Balaban J connectivity index is 1.76. The van der Waals surface area contributed by atoms with Gasteiger partial charge in [0.15, 0.2) is 11.5 Å². The normalized spacial score (nSPS) is 15.8. The van der Waals surface area contributed by atoms with E-state index in [1.165, 1.54) is 6.07 Å². The second-order valence-electron chi connectivity index (χ2n) is 4.84. The topological polar surface area (TPSA) is 81.8 Å².